The summed E-state index contributed by atoms with van der Waals surface area (Å²) in [7, 11) is 0. The monoisotopic (exact) mass is 530 g/mol. The second-order valence-electron chi connectivity index (χ2n) is 11.5. The van der Waals surface area contributed by atoms with Gasteiger partial charge in [-0.15, -0.1) is 0 Å². The number of aliphatic hydroxyl groups is 1. The number of aromatic nitrogens is 1. The van der Waals surface area contributed by atoms with Crippen LogP contribution in [0, 0.1) is 18.8 Å². The average Bonchev–Trinajstić information content (AvgIpc) is 3.53. The summed E-state index contributed by atoms with van der Waals surface area (Å²) in [6.07, 6.45) is -1.43. The number of amides is 2. The van der Waals surface area contributed by atoms with Crippen molar-refractivity contribution >= 4 is 17.5 Å². The molecule has 0 saturated carbocycles. The predicted molar refractivity (Wildman–Crippen MR) is 144 cm³/mol. The van der Waals surface area contributed by atoms with Gasteiger partial charge in [0, 0.05) is 17.7 Å². The van der Waals surface area contributed by atoms with Crippen LogP contribution in [-0.4, -0.2) is 40.3 Å². The SMILES string of the molecule is Cc1nc2oc1C13c4ccccc4NC1Oc1ccc(cc13)C[C@H](NC(=O)[C@@H](O)C(C)C)C(=O)N[C@H]2C(C)C. The Labute approximate surface area is 227 Å². The fourth-order valence-corrected chi connectivity index (χ4v) is 6.04. The number of para-hydroxylation sites is 1. The molecule has 9 nitrogen and oxygen atoms in total. The lowest BCUT2D eigenvalue weighted by atomic mass is 9.72. The summed E-state index contributed by atoms with van der Waals surface area (Å²) in [5.74, 6) is 0.523. The van der Waals surface area contributed by atoms with Crippen LogP contribution < -0.4 is 20.7 Å². The van der Waals surface area contributed by atoms with Crippen molar-refractivity contribution in [3.05, 3.63) is 76.5 Å². The second-order valence-corrected chi connectivity index (χ2v) is 11.5. The quantitative estimate of drug-likeness (QED) is 0.408. The van der Waals surface area contributed by atoms with Crippen LogP contribution in [0.5, 0.6) is 5.75 Å². The van der Waals surface area contributed by atoms with E-state index in [0.717, 1.165) is 33.8 Å². The van der Waals surface area contributed by atoms with Crippen LogP contribution in [0.25, 0.3) is 0 Å². The van der Waals surface area contributed by atoms with E-state index in [9.17, 15) is 14.7 Å². The Morgan fingerprint density at radius 2 is 1.90 bits per heavy atom. The van der Waals surface area contributed by atoms with Gasteiger partial charge in [0.1, 0.15) is 35.1 Å². The van der Waals surface area contributed by atoms with E-state index in [-0.39, 0.29) is 24.2 Å². The smallest absolute Gasteiger partial charge is 0.249 e. The van der Waals surface area contributed by atoms with Gasteiger partial charge < -0.3 is 30.2 Å². The zero-order valence-corrected chi connectivity index (χ0v) is 22.7. The first kappa shape index (κ1) is 25.4. The molecule has 0 fully saturated rings. The summed E-state index contributed by atoms with van der Waals surface area (Å²) in [6, 6.07) is 12.5. The van der Waals surface area contributed by atoms with Crippen LogP contribution in [0.2, 0.25) is 0 Å². The lowest BCUT2D eigenvalue weighted by Gasteiger charge is -2.29. The maximum Gasteiger partial charge on any atom is 0.249 e. The lowest BCUT2D eigenvalue weighted by molar-refractivity contribution is -0.135. The molecule has 204 valence electrons. The van der Waals surface area contributed by atoms with Gasteiger partial charge in [-0.25, -0.2) is 4.98 Å². The van der Waals surface area contributed by atoms with Crippen LogP contribution in [0.15, 0.2) is 46.9 Å². The first-order valence-electron chi connectivity index (χ1n) is 13.5. The number of benzene rings is 2. The number of hydrogen-bond acceptors (Lipinski definition) is 7. The number of aryl methyl sites for hydroxylation is 1. The third-order valence-corrected chi connectivity index (χ3v) is 8.12. The molecule has 4 bridgehead atoms. The number of hydrogen-bond donors (Lipinski definition) is 4. The molecule has 4 heterocycles. The standard InChI is InChI=1S/C30H34N4O5/c1-14(2)23-28-31-16(5)25(39-28)30-18-8-6-7-9-20(18)33-29(30)38-22-11-10-17(12-19(22)30)13-21(26(36)34-23)32-27(37)24(35)15(3)4/h6-12,14-15,21,23-24,29,33,35H,13H2,1-5H3,(H,32,37)(H,34,36)/t21-,23-,24-,29?,30?/m0/s1. The van der Waals surface area contributed by atoms with E-state index < -0.39 is 35.7 Å². The van der Waals surface area contributed by atoms with Gasteiger partial charge in [-0.1, -0.05) is 58.0 Å². The van der Waals surface area contributed by atoms with Crippen LogP contribution in [-0.2, 0) is 21.4 Å². The Bertz CT molecular complexity index is 1460. The van der Waals surface area contributed by atoms with Crippen molar-refractivity contribution in [1.82, 2.24) is 15.6 Å². The minimum atomic E-state index is -1.23. The molecule has 1 aromatic heterocycles. The second kappa shape index (κ2) is 9.12. The van der Waals surface area contributed by atoms with Crippen LogP contribution in [0.4, 0.5) is 5.69 Å². The van der Waals surface area contributed by atoms with Gasteiger partial charge in [-0.2, -0.15) is 0 Å². The van der Waals surface area contributed by atoms with Crippen molar-refractivity contribution < 1.29 is 23.8 Å². The number of nitrogens with one attached hydrogen (secondary N) is 3. The highest BCUT2D eigenvalue weighted by Crippen LogP contribution is 2.58. The number of aliphatic hydroxyl groups excluding tert-OH is 1. The highest BCUT2D eigenvalue weighted by atomic mass is 16.5. The first-order chi connectivity index (χ1) is 18.6. The van der Waals surface area contributed by atoms with Crippen LogP contribution in [0.1, 0.15) is 67.8 Å². The van der Waals surface area contributed by atoms with Crippen molar-refractivity contribution in [3.63, 3.8) is 0 Å². The Balaban J connectivity index is 1.55. The maximum atomic E-state index is 13.6. The Morgan fingerprint density at radius 3 is 2.64 bits per heavy atom. The largest absolute Gasteiger partial charge is 0.469 e. The van der Waals surface area contributed by atoms with Crippen LogP contribution >= 0.6 is 0 Å². The van der Waals surface area contributed by atoms with Crippen molar-refractivity contribution in [1.29, 1.82) is 0 Å². The van der Waals surface area contributed by atoms with E-state index in [1.807, 2.05) is 57.2 Å². The molecule has 2 aromatic carbocycles. The number of carbonyl (C=O) groups excluding carboxylic acids is 2. The Morgan fingerprint density at radius 1 is 1.13 bits per heavy atom. The minimum absolute atomic E-state index is 0.0455. The molecule has 4 N–H and O–H groups in total. The molecule has 3 aliphatic heterocycles. The van der Waals surface area contributed by atoms with E-state index >= 15 is 0 Å². The summed E-state index contributed by atoms with van der Waals surface area (Å²) in [5.41, 5.74) is 3.70. The molecule has 0 aliphatic carbocycles. The summed E-state index contributed by atoms with van der Waals surface area (Å²) in [6.45, 7) is 9.41. The summed E-state index contributed by atoms with van der Waals surface area (Å²) in [5, 5.41) is 19.8. The molecule has 6 rings (SSSR count). The molecule has 0 saturated heterocycles. The van der Waals surface area contributed by atoms with Gasteiger partial charge in [-0.05, 0) is 42.0 Å². The fourth-order valence-electron chi connectivity index (χ4n) is 6.04. The normalized spacial score (nSPS) is 25.5. The van der Waals surface area contributed by atoms with E-state index in [1.165, 1.54) is 0 Å². The molecule has 2 unspecified atom stereocenters. The summed E-state index contributed by atoms with van der Waals surface area (Å²) >= 11 is 0. The molecule has 3 aromatic rings. The van der Waals surface area contributed by atoms with Gasteiger partial charge >= 0.3 is 0 Å². The highest BCUT2D eigenvalue weighted by Gasteiger charge is 2.60. The van der Waals surface area contributed by atoms with Gasteiger partial charge in [0.15, 0.2) is 6.23 Å². The number of carbonyl (C=O) groups is 2. The predicted octanol–water partition coefficient (Wildman–Crippen LogP) is 3.33. The summed E-state index contributed by atoms with van der Waals surface area (Å²) < 4.78 is 13.1. The molecule has 39 heavy (non-hydrogen) atoms. The van der Waals surface area contributed by atoms with Crippen molar-refractivity contribution in [3.8, 4) is 5.75 Å². The molecule has 2 amide bonds. The molecule has 1 spiro atoms. The number of fused-ring (bicyclic) bond motifs is 4. The number of oxazole rings is 1. The van der Waals surface area contributed by atoms with Gasteiger partial charge in [0.25, 0.3) is 0 Å². The van der Waals surface area contributed by atoms with Crippen molar-refractivity contribution in [2.45, 2.75) is 70.9 Å². The fraction of sp³-hybridized carbons (Fsp3) is 0.433. The third kappa shape index (κ3) is 3.82. The van der Waals surface area contributed by atoms with E-state index in [0.29, 0.717) is 11.7 Å². The molecule has 5 atom stereocenters. The summed E-state index contributed by atoms with van der Waals surface area (Å²) in [4.78, 5) is 31.3. The first-order valence-corrected chi connectivity index (χ1v) is 13.5. The molecular formula is C30H34N4O5. The highest BCUT2D eigenvalue weighted by molar-refractivity contribution is 5.90. The molecule has 9 heteroatoms. The van der Waals surface area contributed by atoms with E-state index in [1.54, 1.807) is 13.8 Å². The Kier molecular flexibility index (Phi) is 5.95. The molecular weight excluding hydrogens is 496 g/mol. The van der Waals surface area contributed by atoms with Gasteiger partial charge in [0.05, 0.1) is 5.69 Å². The minimum Gasteiger partial charge on any atom is -0.469 e. The lowest BCUT2D eigenvalue weighted by Crippen LogP contribution is -2.52. The topological polar surface area (TPSA) is 126 Å². The van der Waals surface area contributed by atoms with E-state index in [4.69, 9.17) is 14.1 Å². The number of rotatable bonds is 4. The molecule has 0 radical (unpaired) electrons. The molecule has 3 aliphatic rings. The van der Waals surface area contributed by atoms with E-state index in [2.05, 4.69) is 22.0 Å². The van der Waals surface area contributed by atoms with Crippen molar-refractivity contribution in [2.75, 3.05) is 5.32 Å². The zero-order chi connectivity index (χ0) is 27.6. The van der Waals surface area contributed by atoms with Gasteiger partial charge in [0.2, 0.25) is 17.7 Å². The number of nitrogens with zero attached hydrogens (tertiary/aromatic N) is 1. The third-order valence-electron chi connectivity index (χ3n) is 8.12. The average molecular weight is 531 g/mol. The number of anilines is 1. The van der Waals surface area contributed by atoms with Gasteiger partial charge in [-0.3, -0.25) is 9.59 Å². The van der Waals surface area contributed by atoms with Crippen LogP contribution in [0.3, 0.4) is 0 Å². The van der Waals surface area contributed by atoms with Crippen molar-refractivity contribution in [2.24, 2.45) is 11.8 Å². The Hall–Kier alpha value is -3.85. The zero-order valence-electron chi connectivity index (χ0n) is 22.7. The number of ether oxygens (including phenoxy) is 1. The maximum absolute atomic E-state index is 13.6.